The standard InChI is InChI=1S/C10H9ClO2/c11-9-4-2-1-3-8(9)10(5-12)6-13-7-10/h1-5H,6-7H2. The van der Waals surface area contributed by atoms with Crippen molar-refractivity contribution in [3.8, 4) is 0 Å². The molecule has 1 heterocycles. The predicted molar refractivity (Wildman–Crippen MR) is 50.0 cm³/mol. The molecule has 1 fully saturated rings. The van der Waals surface area contributed by atoms with E-state index in [1.54, 1.807) is 6.07 Å². The average molecular weight is 197 g/mol. The van der Waals surface area contributed by atoms with Crippen LogP contribution in [0.2, 0.25) is 5.02 Å². The Labute approximate surface area is 81.5 Å². The van der Waals surface area contributed by atoms with Gasteiger partial charge in [-0.3, -0.25) is 0 Å². The zero-order valence-electron chi connectivity index (χ0n) is 7.00. The average Bonchev–Trinajstić information content (AvgIpc) is 2.07. The monoisotopic (exact) mass is 196 g/mol. The molecule has 0 saturated carbocycles. The first-order valence-electron chi connectivity index (χ1n) is 4.08. The molecule has 0 unspecified atom stereocenters. The molecule has 0 N–H and O–H groups in total. The Morgan fingerprint density at radius 2 is 2.08 bits per heavy atom. The van der Waals surface area contributed by atoms with Gasteiger partial charge in [0.05, 0.1) is 18.6 Å². The highest BCUT2D eigenvalue weighted by Crippen LogP contribution is 2.34. The van der Waals surface area contributed by atoms with Gasteiger partial charge >= 0.3 is 0 Å². The fourth-order valence-corrected chi connectivity index (χ4v) is 1.80. The zero-order chi connectivity index (χ0) is 9.31. The molecule has 0 amide bonds. The Balaban J connectivity index is 2.44. The summed E-state index contributed by atoms with van der Waals surface area (Å²) in [5.74, 6) is 0. The van der Waals surface area contributed by atoms with Gasteiger partial charge in [0, 0.05) is 5.02 Å². The van der Waals surface area contributed by atoms with Crippen LogP contribution in [0, 0.1) is 0 Å². The Hall–Kier alpha value is -0.860. The van der Waals surface area contributed by atoms with E-state index in [2.05, 4.69) is 0 Å². The van der Waals surface area contributed by atoms with E-state index in [1.165, 1.54) is 0 Å². The lowest BCUT2D eigenvalue weighted by Crippen LogP contribution is -2.48. The van der Waals surface area contributed by atoms with Crippen LogP contribution < -0.4 is 0 Å². The second-order valence-corrected chi connectivity index (χ2v) is 3.65. The van der Waals surface area contributed by atoms with Gasteiger partial charge in [0.1, 0.15) is 6.29 Å². The van der Waals surface area contributed by atoms with E-state index in [0.717, 1.165) is 11.8 Å². The van der Waals surface area contributed by atoms with E-state index >= 15 is 0 Å². The van der Waals surface area contributed by atoms with Gasteiger partial charge in [0.25, 0.3) is 0 Å². The maximum atomic E-state index is 10.9. The minimum Gasteiger partial charge on any atom is -0.378 e. The highest BCUT2D eigenvalue weighted by Gasteiger charge is 2.41. The summed E-state index contributed by atoms with van der Waals surface area (Å²) in [6.07, 6.45) is 0.928. The molecule has 1 aromatic rings. The van der Waals surface area contributed by atoms with Crippen molar-refractivity contribution in [1.29, 1.82) is 0 Å². The molecule has 13 heavy (non-hydrogen) atoms. The van der Waals surface area contributed by atoms with Gasteiger partial charge in [-0.05, 0) is 11.6 Å². The lowest BCUT2D eigenvalue weighted by atomic mass is 9.80. The van der Waals surface area contributed by atoms with E-state index in [-0.39, 0.29) is 0 Å². The van der Waals surface area contributed by atoms with Crippen LogP contribution in [0.15, 0.2) is 24.3 Å². The zero-order valence-corrected chi connectivity index (χ0v) is 7.75. The Morgan fingerprint density at radius 1 is 1.38 bits per heavy atom. The van der Waals surface area contributed by atoms with Crippen LogP contribution in [0.25, 0.3) is 0 Å². The van der Waals surface area contributed by atoms with Crippen LogP contribution in [0.3, 0.4) is 0 Å². The summed E-state index contributed by atoms with van der Waals surface area (Å²) >= 11 is 5.99. The van der Waals surface area contributed by atoms with Crippen LogP contribution >= 0.6 is 11.6 Å². The van der Waals surface area contributed by atoms with E-state index < -0.39 is 5.41 Å². The van der Waals surface area contributed by atoms with Gasteiger partial charge < -0.3 is 9.53 Å². The van der Waals surface area contributed by atoms with E-state index in [9.17, 15) is 4.79 Å². The minimum atomic E-state index is -0.488. The van der Waals surface area contributed by atoms with Crippen LogP contribution in [0.1, 0.15) is 5.56 Å². The summed E-state index contributed by atoms with van der Waals surface area (Å²) in [5, 5.41) is 0.637. The molecule has 2 nitrogen and oxygen atoms in total. The number of carbonyl (C=O) groups excluding carboxylic acids is 1. The summed E-state index contributed by atoms with van der Waals surface area (Å²) in [5.41, 5.74) is 0.385. The largest absolute Gasteiger partial charge is 0.378 e. The van der Waals surface area contributed by atoms with Gasteiger partial charge in [-0.15, -0.1) is 0 Å². The quantitative estimate of drug-likeness (QED) is 0.675. The van der Waals surface area contributed by atoms with E-state index in [1.807, 2.05) is 18.2 Å². The maximum absolute atomic E-state index is 10.9. The van der Waals surface area contributed by atoms with Crippen molar-refractivity contribution in [1.82, 2.24) is 0 Å². The third kappa shape index (κ3) is 1.26. The second kappa shape index (κ2) is 3.13. The molecule has 0 atom stereocenters. The lowest BCUT2D eigenvalue weighted by Gasteiger charge is -2.37. The summed E-state index contributed by atoms with van der Waals surface area (Å²) in [4.78, 5) is 10.9. The Bertz CT molecular complexity index is 331. The first-order chi connectivity index (χ1) is 6.28. The molecule has 1 aliphatic heterocycles. The number of hydrogen-bond acceptors (Lipinski definition) is 2. The van der Waals surface area contributed by atoms with Crippen LogP contribution in [0.4, 0.5) is 0 Å². The first-order valence-corrected chi connectivity index (χ1v) is 4.45. The minimum absolute atomic E-state index is 0.445. The number of ether oxygens (including phenoxy) is 1. The van der Waals surface area contributed by atoms with Gasteiger partial charge in [-0.25, -0.2) is 0 Å². The molecule has 0 bridgehead atoms. The predicted octanol–water partition coefficient (Wildman–Crippen LogP) is 1.81. The second-order valence-electron chi connectivity index (χ2n) is 3.25. The topological polar surface area (TPSA) is 26.3 Å². The van der Waals surface area contributed by atoms with Gasteiger partial charge in [0.2, 0.25) is 0 Å². The molecule has 0 spiro atoms. The fraction of sp³-hybridized carbons (Fsp3) is 0.300. The molecule has 0 radical (unpaired) electrons. The highest BCUT2D eigenvalue weighted by molar-refractivity contribution is 6.31. The Morgan fingerprint density at radius 3 is 2.54 bits per heavy atom. The SMILES string of the molecule is O=CC1(c2ccccc2Cl)COC1. The molecule has 0 aromatic heterocycles. The number of aldehydes is 1. The van der Waals surface area contributed by atoms with Gasteiger partial charge in [-0.1, -0.05) is 29.8 Å². The maximum Gasteiger partial charge on any atom is 0.135 e. The summed E-state index contributed by atoms with van der Waals surface area (Å²) in [7, 11) is 0. The van der Waals surface area contributed by atoms with Crippen molar-refractivity contribution < 1.29 is 9.53 Å². The molecule has 1 saturated heterocycles. The normalized spacial score (nSPS) is 19.2. The van der Waals surface area contributed by atoms with Crippen LogP contribution in [0.5, 0.6) is 0 Å². The summed E-state index contributed by atoms with van der Waals surface area (Å²) < 4.78 is 5.05. The van der Waals surface area contributed by atoms with Crippen molar-refractivity contribution in [3.05, 3.63) is 34.9 Å². The van der Waals surface area contributed by atoms with Crippen LogP contribution in [-0.4, -0.2) is 19.5 Å². The number of benzene rings is 1. The molecule has 2 rings (SSSR count). The van der Waals surface area contributed by atoms with Crippen molar-refractivity contribution in [2.45, 2.75) is 5.41 Å². The van der Waals surface area contributed by atoms with Gasteiger partial charge in [-0.2, -0.15) is 0 Å². The summed E-state index contributed by atoms with van der Waals surface area (Å²) in [6, 6.07) is 7.40. The van der Waals surface area contributed by atoms with Crippen molar-refractivity contribution in [2.24, 2.45) is 0 Å². The highest BCUT2D eigenvalue weighted by atomic mass is 35.5. The van der Waals surface area contributed by atoms with Crippen LogP contribution in [-0.2, 0) is 14.9 Å². The molecule has 0 aliphatic carbocycles. The summed E-state index contributed by atoms with van der Waals surface area (Å²) in [6.45, 7) is 0.889. The molecular weight excluding hydrogens is 188 g/mol. The molecule has 3 heteroatoms. The smallest absolute Gasteiger partial charge is 0.135 e. The fourth-order valence-electron chi connectivity index (χ4n) is 1.47. The van der Waals surface area contributed by atoms with E-state index in [0.29, 0.717) is 18.2 Å². The van der Waals surface area contributed by atoms with Crippen molar-refractivity contribution in [3.63, 3.8) is 0 Å². The third-order valence-corrected chi connectivity index (χ3v) is 2.68. The number of hydrogen-bond donors (Lipinski definition) is 0. The van der Waals surface area contributed by atoms with Crippen molar-refractivity contribution >= 4 is 17.9 Å². The lowest BCUT2D eigenvalue weighted by molar-refractivity contribution is -0.129. The Kier molecular flexibility index (Phi) is 2.10. The first kappa shape index (κ1) is 8.73. The third-order valence-electron chi connectivity index (χ3n) is 2.36. The molecule has 1 aromatic carbocycles. The number of rotatable bonds is 2. The van der Waals surface area contributed by atoms with Gasteiger partial charge in [0.15, 0.2) is 0 Å². The number of halogens is 1. The number of carbonyl (C=O) groups is 1. The molecule has 68 valence electrons. The molecular formula is C10H9ClO2. The molecule has 1 aliphatic rings. The van der Waals surface area contributed by atoms with Crippen molar-refractivity contribution in [2.75, 3.05) is 13.2 Å². The van der Waals surface area contributed by atoms with E-state index in [4.69, 9.17) is 16.3 Å².